The Morgan fingerprint density at radius 1 is 0.750 bits per heavy atom. The van der Waals surface area contributed by atoms with Crippen LogP contribution >= 0.6 is 11.3 Å². The van der Waals surface area contributed by atoms with Crippen molar-refractivity contribution in [2.24, 2.45) is 0 Å². The number of morpholine rings is 1. The van der Waals surface area contributed by atoms with Gasteiger partial charge in [-0.3, -0.25) is 9.69 Å². The molecule has 4 aromatic carbocycles. The number of amides is 1. The Kier molecular flexibility index (Phi) is 17.5. The van der Waals surface area contributed by atoms with E-state index in [1.807, 2.05) is 31.3 Å². The number of nitrogens with one attached hydrogen (secondary N) is 2. The second-order valence-corrected chi connectivity index (χ2v) is 20.5. The molecule has 1 amide bonds. The summed E-state index contributed by atoms with van der Waals surface area (Å²) in [4.78, 5) is 21.4. The molecule has 380 valence electrons. The van der Waals surface area contributed by atoms with Gasteiger partial charge in [0, 0.05) is 84.5 Å². The predicted octanol–water partition coefficient (Wildman–Crippen LogP) is 12.5. The molecule has 13 heteroatoms. The molecule has 2 N–H and O–H groups in total. The van der Waals surface area contributed by atoms with E-state index in [1.54, 1.807) is 6.07 Å². The zero-order valence-electron chi connectivity index (χ0n) is 42.8. The third kappa shape index (κ3) is 12.7. The van der Waals surface area contributed by atoms with Crippen LogP contribution in [0.5, 0.6) is 5.75 Å². The van der Waals surface area contributed by atoms with Crippen molar-refractivity contribution in [1.29, 1.82) is 0 Å². The fourth-order valence-corrected chi connectivity index (χ4v) is 11.3. The first-order valence-electron chi connectivity index (χ1n) is 26.4. The number of hydrogen-bond acceptors (Lipinski definition) is 9. The fourth-order valence-electron chi connectivity index (χ4n) is 10.4. The van der Waals surface area contributed by atoms with E-state index in [0.717, 1.165) is 117 Å². The first kappa shape index (κ1) is 51.1. The van der Waals surface area contributed by atoms with E-state index in [-0.39, 0.29) is 18.3 Å². The topological polar surface area (TPSA) is 112 Å². The van der Waals surface area contributed by atoms with Crippen LogP contribution in [-0.4, -0.2) is 82.6 Å². The highest BCUT2D eigenvalue weighted by molar-refractivity contribution is 7.13. The smallest absolute Gasteiger partial charge is 0.257 e. The van der Waals surface area contributed by atoms with Crippen LogP contribution in [0.15, 0.2) is 88.8 Å². The Morgan fingerprint density at radius 2 is 1.50 bits per heavy atom. The molecule has 0 radical (unpaired) electrons. The number of thiophene rings is 1. The highest BCUT2D eigenvalue weighted by Crippen LogP contribution is 2.36. The zero-order chi connectivity index (χ0) is 49.8. The summed E-state index contributed by atoms with van der Waals surface area (Å²) in [7, 11) is 0. The maximum atomic E-state index is 15.3. The van der Waals surface area contributed by atoms with Crippen molar-refractivity contribution < 1.29 is 23.2 Å². The number of fused-ring (bicyclic) bond motifs is 4. The van der Waals surface area contributed by atoms with Crippen molar-refractivity contribution in [1.82, 2.24) is 34.8 Å². The Hall–Kier alpha value is -5.86. The molecule has 5 heterocycles. The number of aryl methyl sites for hydroxylation is 6. The molecule has 1 fully saturated rings. The lowest BCUT2D eigenvalue weighted by Crippen LogP contribution is -2.38. The molecule has 72 heavy (non-hydrogen) atoms. The lowest BCUT2D eigenvalue weighted by molar-refractivity contribution is -0.123. The van der Waals surface area contributed by atoms with Crippen molar-refractivity contribution >= 4 is 50.1 Å². The van der Waals surface area contributed by atoms with Crippen molar-refractivity contribution in [2.45, 2.75) is 118 Å². The number of ether oxygens (including phenoxy) is 2. The van der Waals surface area contributed by atoms with Gasteiger partial charge >= 0.3 is 0 Å². The SMILES string of the molecule is CCn1c2ccc(CNCCCCCCCCCCCNC(=O)COc3ccc(CCc4nc5cc(-c6c(C)noc6C)ccc5n4CCN4CCOCC4)cc3F)cc2c2ccc(-c3cc(C)cs3)cc21. The summed E-state index contributed by atoms with van der Waals surface area (Å²) in [5.74, 6) is 1.12. The largest absolute Gasteiger partial charge is 0.481 e. The molecule has 4 aromatic heterocycles. The van der Waals surface area contributed by atoms with Crippen LogP contribution in [-0.2, 0) is 42.0 Å². The average Bonchev–Trinajstić information content (AvgIpc) is 4.16. The summed E-state index contributed by atoms with van der Waals surface area (Å²) in [6.45, 7) is 16.6. The first-order chi connectivity index (χ1) is 35.2. The molecule has 0 bridgehead atoms. The number of unbranched alkanes of at least 4 members (excludes halogenated alkanes) is 8. The molecular weight excluding hydrogens is 922 g/mol. The number of imidazole rings is 1. The lowest BCUT2D eigenvalue weighted by atomic mass is 10.0. The van der Waals surface area contributed by atoms with Crippen molar-refractivity contribution in [3.63, 3.8) is 0 Å². The van der Waals surface area contributed by atoms with Gasteiger partial charge < -0.3 is 33.8 Å². The van der Waals surface area contributed by atoms with Gasteiger partial charge in [-0.2, -0.15) is 0 Å². The second-order valence-electron chi connectivity index (χ2n) is 19.6. The Balaban J connectivity index is 0.630. The Morgan fingerprint density at radius 3 is 2.24 bits per heavy atom. The summed E-state index contributed by atoms with van der Waals surface area (Å²) in [6, 6.07) is 27.6. The minimum atomic E-state index is -0.470. The van der Waals surface area contributed by atoms with Crippen LogP contribution in [0, 0.1) is 26.6 Å². The van der Waals surface area contributed by atoms with Crippen LogP contribution in [0.4, 0.5) is 4.39 Å². The number of aromatic nitrogens is 4. The molecule has 9 rings (SSSR count). The van der Waals surface area contributed by atoms with E-state index >= 15 is 4.39 Å². The van der Waals surface area contributed by atoms with Gasteiger partial charge in [-0.25, -0.2) is 9.37 Å². The normalized spacial score (nSPS) is 13.3. The number of nitrogens with zero attached hydrogens (tertiary/aromatic N) is 5. The summed E-state index contributed by atoms with van der Waals surface area (Å²) in [6.07, 6.45) is 11.9. The van der Waals surface area contributed by atoms with Gasteiger partial charge in [0.15, 0.2) is 18.2 Å². The number of carbonyl (C=O) groups is 1. The molecule has 11 nitrogen and oxygen atoms in total. The first-order valence-corrected chi connectivity index (χ1v) is 27.3. The summed E-state index contributed by atoms with van der Waals surface area (Å²) in [5.41, 5.74) is 12.3. The molecule has 1 saturated heterocycles. The van der Waals surface area contributed by atoms with Gasteiger partial charge in [0.1, 0.15) is 11.6 Å². The Labute approximate surface area is 428 Å². The molecule has 8 aromatic rings. The number of rotatable bonds is 26. The molecule has 1 aliphatic heterocycles. The standard InChI is InChI=1S/C59H72FN7O4S/c1-5-66-52-21-15-45(34-49(52)48-20-18-46(37-54(48)66)56-33-41(2)40-72-56)38-61-25-13-11-9-7-6-8-10-12-14-26-62-58(68)39-70-55-23-16-44(35-50(55)60)17-24-57-63-51-36-47(59-42(3)64-71-43(59)4)19-22-53(51)67(57)28-27-65-29-31-69-32-30-65/h15-16,18-23,33-37,40,61H,5-14,17,24-32,38-39H2,1-4H3,(H,62,68). The molecule has 0 unspecified atom stereocenters. The van der Waals surface area contributed by atoms with Gasteiger partial charge in [0.25, 0.3) is 5.91 Å². The summed E-state index contributed by atoms with van der Waals surface area (Å²) in [5, 5.41) is 15.7. The number of carbonyl (C=O) groups excluding carboxylic acids is 1. The van der Waals surface area contributed by atoms with Crippen LogP contribution < -0.4 is 15.4 Å². The molecule has 1 aliphatic rings. The van der Waals surface area contributed by atoms with Crippen LogP contribution in [0.25, 0.3) is 54.4 Å². The monoisotopic (exact) mass is 994 g/mol. The van der Waals surface area contributed by atoms with Crippen LogP contribution in [0.1, 0.15) is 98.7 Å². The molecule has 0 saturated carbocycles. The van der Waals surface area contributed by atoms with E-state index in [0.29, 0.717) is 19.4 Å². The molecular formula is C59H72FN7O4S. The van der Waals surface area contributed by atoms with E-state index in [2.05, 4.69) is 110 Å². The van der Waals surface area contributed by atoms with Crippen molar-refractivity contribution in [3.05, 3.63) is 124 Å². The van der Waals surface area contributed by atoms with Gasteiger partial charge in [0.05, 0.1) is 29.9 Å². The Bertz CT molecular complexity index is 3050. The number of halogens is 1. The number of hydrogen-bond donors (Lipinski definition) is 2. The highest BCUT2D eigenvalue weighted by Gasteiger charge is 2.19. The van der Waals surface area contributed by atoms with Gasteiger partial charge in [-0.1, -0.05) is 80.4 Å². The third-order valence-corrected chi connectivity index (χ3v) is 15.4. The second kappa shape index (κ2) is 24.7. The highest BCUT2D eigenvalue weighted by atomic mass is 32.1. The lowest BCUT2D eigenvalue weighted by Gasteiger charge is -2.27. The summed E-state index contributed by atoms with van der Waals surface area (Å²) < 4.78 is 36.7. The molecule has 0 aliphatic carbocycles. The molecule has 0 atom stereocenters. The summed E-state index contributed by atoms with van der Waals surface area (Å²) >= 11 is 1.82. The van der Waals surface area contributed by atoms with E-state index < -0.39 is 5.82 Å². The van der Waals surface area contributed by atoms with Crippen LogP contribution in [0.2, 0.25) is 0 Å². The van der Waals surface area contributed by atoms with E-state index in [9.17, 15) is 4.79 Å². The van der Waals surface area contributed by atoms with Crippen molar-refractivity contribution in [3.8, 4) is 27.3 Å². The van der Waals surface area contributed by atoms with E-state index in [4.69, 9.17) is 19.0 Å². The predicted molar refractivity (Wildman–Crippen MR) is 291 cm³/mol. The maximum absolute atomic E-state index is 15.3. The number of benzene rings is 4. The zero-order valence-corrected chi connectivity index (χ0v) is 43.6. The minimum Gasteiger partial charge on any atom is -0.481 e. The van der Waals surface area contributed by atoms with Gasteiger partial charge in [-0.05, 0) is 135 Å². The average molecular weight is 994 g/mol. The fraction of sp³-hybridized carbons (Fsp3) is 0.441. The molecule has 0 spiro atoms. The third-order valence-electron chi connectivity index (χ3n) is 14.3. The maximum Gasteiger partial charge on any atom is 0.257 e. The van der Waals surface area contributed by atoms with Crippen LogP contribution in [0.3, 0.4) is 0 Å². The van der Waals surface area contributed by atoms with Gasteiger partial charge in [0.2, 0.25) is 0 Å². The van der Waals surface area contributed by atoms with E-state index in [1.165, 1.54) is 94.4 Å². The van der Waals surface area contributed by atoms with Crippen molar-refractivity contribution in [2.75, 3.05) is 52.5 Å². The van der Waals surface area contributed by atoms with Gasteiger partial charge in [-0.15, -0.1) is 11.3 Å². The quantitative estimate of drug-likeness (QED) is 0.0516. The minimum absolute atomic E-state index is 0.0824.